The fourth-order valence-corrected chi connectivity index (χ4v) is 1.79. The van der Waals surface area contributed by atoms with E-state index < -0.39 is 0 Å². The van der Waals surface area contributed by atoms with E-state index in [0.29, 0.717) is 6.42 Å². The minimum atomic E-state index is -0.200. The van der Waals surface area contributed by atoms with Gasteiger partial charge in [0.1, 0.15) is 11.5 Å². The molecule has 0 atom stereocenters. The van der Waals surface area contributed by atoms with E-state index in [4.69, 9.17) is 9.84 Å². The smallest absolute Gasteiger partial charge is 0.122 e. The molecule has 82 valence electrons. The third-order valence-electron chi connectivity index (χ3n) is 2.91. The summed E-state index contributed by atoms with van der Waals surface area (Å²) < 4.78 is 5.43. The maximum atomic E-state index is 9.63. The van der Waals surface area contributed by atoms with E-state index in [1.54, 1.807) is 19.2 Å². The number of benzene rings is 1. The van der Waals surface area contributed by atoms with Gasteiger partial charge in [-0.2, -0.15) is 0 Å². The highest BCUT2D eigenvalue weighted by molar-refractivity contribution is 5.40. The van der Waals surface area contributed by atoms with Crippen molar-refractivity contribution in [3.63, 3.8) is 0 Å². The summed E-state index contributed by atoms with van der Waals surface area (Å²) in [6.45, 7) is 1.59. The standard InChI is InChI=1S/C11H15NO3/c1-15-11(6-12-7-11)5-8-2-3-9(13)4-10(8)14/h2-4,12-14H,5-7H2,1H3. The largest absolute Gasteiger partial charge is 0.508 e. The van der Waals surface area contributed by atoms with Gasteiger partial charge in [0, 0.05) is 32.7 Å². The fraction of sp³-hybridized carbons (Fsp3) is 0.455. The van der Waals surface area contributed by atoms with Crippen molar-refractivity contribution in [3.8, 4) is 11.5 Å². The van der Waals surface area contributed by atoms with Crippen LogP contribution in [0.4, 0.5) is 0 Å². The van der Waals surface area contributed by atoms with Gasteiger partial charge in [-0.15, -0.1) is 0 Å². The van der Waals surface area contributed by atoms with Crippen molar-refractivity contribution in [3.05, 3.63) is 23.8 Å². The third-order valence-corrected chi connectivity index (χ3v) is 2.91. The van der Waals surface area contributed by atoms with Crippen LogP contribution in [0.3, 0.4) is 0 Å². The first-order chi connectivity index (χ1) is 7.15. The van der Waals surface area contributed by atoms with Gasteiger partial charge in [0.2, 0.25) is 0 Å². The van der Waals surface area contributed by atoms with Crippen LogP contribution >= 0.6 is 0 Å². The van der Waals surface area contributed by atoms with Gasteiger partial charge in [-0.25, -0.2) is 0 Å². The highest BCUT2D eigenvalue weighted by Crippen LogP contribution is 2.29. The summed E-state index contributed by atoms with van der Waals surface area (Å²) in [5.41, 5.74) is 0.602. The van der Waals surface area contributed by atoms with Gasteiger partial charge in [-0.1, -0.05) is 6.07 Å². The molecule has 1 aliphatic rings. The van der Waals surface area contributed by atoms with Gasteiger partial charge in [0.25, 0.3) is 0 Å². The number of phenolic OH excluding ortho intramolecular Hbond substituents is 2. The number of aromatic hydroxyl groups is 2. The van der Waals surface area contributed by atoms with Crippen LogP contribution in [0.5, 0.6) is 11.5 Å². The summed E-state index contributed by atoms with van der Waals surface area (Å²) in [4.78, 5) is 0. The molecule has 0 amide bonds. The number of phenols is 2. The first-order valence-corrected chi connectivity index (χ1v) is 4.92. The van der Waals surface area contributed by atoms with Gasteiger partial charge in [-0.3, -0.25) is 0 Å². The molecule has 1 saturated heterocycles. The molecule has 0 bridgehead atoms. The van der Waals surface area contributed by atoms with Crippen LogP contribution in [0.1, 0.15) is 5.56 Å². The second-order valence-electron chi connectivity index (χ2n) is 3.98. The maximum absolute atomic E-state index is 9.63. The normalized spacial score (nSPS) is 18.5. The molecule has 1 heterocycles. The zero-order chi connectivity index (χ0) is 10.9. The zero-order valence-electron chi connectivity index (χ0n) is 8.66. The van der Waals surface area contributed by atoms with Crippen LogP contribution in [0.15, 0.2) is 18.2 Å². The van der Waals surface area contributed by atoms with E-state index in [1.807, 2.05) is 0 Å². The molecule has 0 unspecified atom stereocenters. The topological polar surface area (TPSA) is 61.7 Å². The molecule has 1 aromatic carbocycles. The van der Waals surface area contributed by atoms with Crippen molar-refractivity contribution in [2.45, 2.75) is 12.0 Å². The van der Waals surface area contributed by atoms with Crippen LogP contribution in [0.25, 0.3) is 0 Å². The second kappa shape index (κ2) is 3.72. The average molecular weight is 209 g/mol. The lowest BCUT2D eigenvalue weighted by molar-refractivity contribution is -0.0505. The maximum Gasteiger partial charge on any atom is 0.122 e. The molecule has 4 heteroatoms. The quantitative estimate of drug-likeness (QED) is 0.683. The molecule has 0 saturated carbocycles. The van der Waals surface area contributed by atoms with E-state index in [9.17, 15) is 5.11 Å². The molecule has 15 heavy (non-hydrogen) atoms. The van der Waals surface area contributed by atoms with Crippen LogP contribution in [-0.4, -0.2) is 36.0 Å². The lowest BCUT2D eigenvalue weighted by atomic mass is 9.88. The van der Waals surface area contributed by atoms with Gasteiger partial charge in [0.05, 0.1) is 5.60 Å². The molecule has 2 rings (SSSR count). The predicted octanol–water partition coefficient (Wildman–Crippen LogP) is 0.629. The molecule has 3 N–H and O–H groups in total. The summed E-state index contributed by atoms with van der Waals surface area (Å²) in [6.07, 6.45) is 0.655. The third kappa shape index (κ3) is 1.91. The van der Waals surface area contributed by atoms with E-state index in [-0.39, 0.29) is 17.1 Å². The molecule has 0 spiro atoms. The molecule has 1 fully saturated rings. The Bertz CT molecular complexity index is 355. The van der Waals surface area contributed by atoms with Crippen LogP contribution < -0.4 is 5.32 Å². The summed E-state index contributed by atoms with van der Waals surface area (Å²) in [6, 6.07) is 4.65. The van der Waals surface area contributed by atoms with Crippen molar-refractivity contribution >= 4 is 0 Å². The van der Waals surface area contributed by atoms with Gasteiger partial charge >= 0.3 is 0 Å². The zero-order valence-corrected chi connectivity index (χ0v) is 8.66. The monoisotopic (exact) mass is 209 g/mol. The minimum absolute atomic E-state index is 0.0782. The molecular weight excluding hydrogens is 194 g/mol. The van der Waals surface area contributed by atoms with E-state index in [1.165, 1.54) is 6.07 Å². The van der Waals surface area contributed by atoms with Crippen LogP contribution in [-0.2, 0) is 11.2 Å². The van der Waals surface area contributed by atoms with Crippen LogP contribution in [0, 0.1) is 0 Å². The lowest BCUT2D eigenvalue weighted by Gasteiger charge is -2.41. The Morgan fingerprint density at radius 1 is 1.40 bits per heavy atom. The number of ether oxygens (including phenoxy) is 1. The molecule has 0 aliphatic carbocycles. The van der Waals surface area contributed by atoms with Crippen molar-refractivity contribution < 1.29 is 14.9 Å². The fourth-order valence-electron chi connectivity index (χ4n) is 1.79. The number of hydrogen-bond acceptors (Lipinski definition) is 4. The first-order valence-electron chi connectivity index (χ1n) is 4.92. The van der Waals surface area contributed by atoms with E-state index in [0.717, 1.165) is 18.7 Å². The minimum Gasteiger partial charge on any atom is -0.508 e. The Morgan fingerprint density at radius 3 is 2.60 bits per heavy atom. The molecule has 4 nitrogen and oxygen atoms in total. The molecule has 1 aromatic rings. The van der Waals surface area contributed by atoms with Crippen LogP contribution in [0.2, 0.25) is 0 Å². The predicted molar refractivity (Wildman–Crippen MR) is 56.1 cm³/mol. The van der Waals surface area contributed by atoms with E-state index in [2.05, 4.69) is 5.32 Å². The summed E-state index contributed by atoms with van der Waals surface area (Å²) in [7, 11) is 1.68. The molecule has 1 aliphatic heterocycles. The number of rotatable bonds is 3. The SMILES string of the molecule is COC1(Cc2ccc(O)cc2O)CNC1. The Labute approximate surface area is 88.5 Å². The highest BCUT2D eigenvalue weighted by Gasteiger charge is 2.37. The van der Waals surface area contributed by atoms with Crippen molar-refractivity contribution in [2.24, 2.45) is 0 Å². The Hall–Kier alpha value is -1.26. The lowest BCUT2D eigenvalue weighted by Crippen LogP contribution is -2.61. The van der Waals surface area contributed by atoms with Crippen molar-refractivity contribution in [1.29, 1.82) is 0 Å². The number of methoxy groups -OCH3 is 1. The first kappa shape index (κ1) is 10.3. The van der Waals surface area contributed by atoms with E-state index >= 15 is 0 Å². The van der Waals surface area contributed by atoms with Crippen molar-refractivity contribution in [2.75, 3.05) is 20.2 Å². The van der Waals surface area contributed by atoms with Gasteiger partial charge in [-0.05, 0) is 11.6 Å². The second-order valence-corrected chi connectivity index (χ2v) is 3.98. The average Bonchev–Trinajstić information content (AvgIpc) is 2.14. The molecular formula is C11H15NO3. The summed E-state index contributed by atoms with van der Waals surface area (Å²) >= 11 is 0. The van der Waals surface area contributed by atoms with Gasteiger partial charge in [0.15, 0.2) is 0 Å². The Balaban J connectivity index is 2.16. The molecule has 0 radical (unpaired) electrons. The number of hydrogen-bond donors (Lipinski definition) is 3. The number of nitrogens with one attached hydrogen (secondary N) is 1. The Kier molecular flexibility index (Phi) is 2.54. The van der Waals surface area contributed by atoms with Crippen molar-refractivity contribution in [1.82, 2.24) is 5.32 Å². The summed E-state index contributed by atoms with van der Waals surface area (Å²) in [5.74, 6) is 0.202. The van der Waals surface area contributed by atoms with Gasteiger partial charge < -0.3 is 20.3 Å². The Morgan fingerprint density at radius 2 is 2.13 bits per heavy atom. The highest BCUT2D eigenvalue weighted by atomic mass is 16.5. The summed E-state index contributed by atoms with van der Waals surface area (Å²) in [5, 5.41) is 21.9. The molecule has 0 aromatic heterocycles.